The topological polar surface area (TPSA) is 177 Å². The SMILES string of the molecule is O=C[C@@]12C[C@@]3(CC[C@@H](CCc4ccccc4)C3)[C@H](O)[C@H]3C[C@H]4C=CC[C@H](C5CCCC5)[C@H]4C[C@H]([C@H](O)[C@]4(O)[C@@H]1CC[C@@]15CCC#Cc6ccccc6C[C@@H](NCO)[C@H]6C[C@H](C[C@@]14O)[C@@H]5C1=CC(=O)O[C@@H]16)[C@]32O. The van der Waals surface area contributed by atoms with E-state index >= 15 is 4.79 Å². The number of nitrogens with one attached hydrogen (secondary N) is 1. The van der Waals surface area contributed by atoms with Gasteiger partial charge in [-0.05, 0) is 166 Å². The Bertz CT molecular complexity index is 2580. The summed E-state index contributed by atoms with van der Waals surface area (Å²) in [6, 6.07) is 18.3. The first kappa shape index (κ1) is 48.0. The van der Waals surface area contributed by atoms with Crippen LogP contribution in [0.5, 0.6) is 0 Å². The number of hydrogen-bond donors (Lipinski definition) is 7. The number of aryl methyl sites for hydroxylation is 1. The monoisotopic (exact) mass is 980 g/mol. The highest BCUT2D eigenvalue weighted by atomic mass is 16.5. The second kappa shape index (κ2) is 17.4. The Hall–Kier alpha value is -3.66. The zero-order valence-corrected chi connectivity index (χ0v) is 41.9. The van der Waals surface area contributed by atoms with Gasteiger partial charge >= 0.3 is 5.97 Å². The highest BCUT2D eigenvalue weighted by molar-refractivity contribution is 5.86. The number of carbonyl (C=O) groups is 2. The molecular formula is C62H77NO9. The summed E-state index contributed by atoms with van der Waals surface area (Å²) in [5.41, 5.74) is -5.45. The van der Waals surface area contributed by atoms with E-state index in [-0.39, 0.29) is 61.6 Å². The van der Waals surface area contributed by atoms with E-state index in [1.807, 2.05) is 24.3 Å². The van der Waals surface area contributed by atoms with E-state index < -0.39 is 75.1 Å². The molecule has 8 saturated carbocycles. The minimum atomic E-state index is -2.25. The smallest absolute Gasteiger partial charge is 0.331 e. The van der Waals surface area contributed by atoms with Crippen LogP contribution < -0.4 is 5.32 Å². The number of aliphatic hydroxyl groups is 6. The molecule has 20 atom stereocenters. The van der Waals surface area contributed by atoms with Gasteiger partial charge in [-0.15, -0.1) is 0 Å². The molecular weight excluding hydrogens is 903 g/mol. The van der Waals surface area contributed by atoms with Crippen LogP contribution in [0.3, 0.4) is 0 Å². The number of allylic oxidation sites excluding steroid dienone is 2. The van der Waals surface area contributed by atoms with Gasteiger partial charge in [0, 0.05) is 53.2 Å². The van der Waals surface area contributed by atoms with Crippen molar-refractivity contribution in [1.82, 2.24) is 5.32 Å². The lowest BCUT2D eigenvalue weighted by molar-refractivity contribution is -0.384. The van der Waals surface area contributed by atoms with E-state index in [0.29, 0.717) is 75.5 Å². The quantitative estimate of drug-likeness (QED) is 0.0496. The normalized spacial score (nSPS) is 48.7. The summed E-state index contributed by atoms with van der Waals surface area (Å²) in [5, 5.41) is 85.0. The Labute approximate surface area is 425 Å². The highest BCUT2D eigenvalue weighted by Crippen LogP contribution is 2.79. The van der Waals surface area contributed by atoms with Crippen LogP contribution in [0, 0.1) is 93.2 Å². The minimum absolute atomic E-state index is 0.0252. The van der Waals surface area contributed by atoms with Crippen LogP contribution in [0.1, 0.15) is 132 Å². The van der Waals surface area contributed by atoms with E-state index in [1.165, 1.54) is 18.4 Å². The third-order valence-corrected chi connectivity index (χ3v) is 23.5. The lowest BCUT2D eigenvalue weighted by Gasteiger charge is -2.74. The van der Waals surface area contributed by atoms with Crippen molar-refractivity contribution in [3.8, 4) is 11.8 Å². The number of rotatable bonds is 7. The number of aliphatic hydroxyl groups excluding tert-OH is 3. The first-order valence-electron chi connectivity index (χ1n) is 28.4. The van der Waals surface area contributed by atoms with E-state index in [0.717, 1.165) is 61.5 Å². The van der Waals surface area contributed by atoms with Crippen molar-refractivity contribution in [3.63, 3.8) is 0 Å². The van der Waals surface area contributed by atoms with E-state index in [4.69, 9.17) is 4.74 Å². The summed E-state index contributed by atoms with van der Waals surface area (Å²) in [6.07, 6.45) is 17.6. The van der Waals surface area contributed by atoms with Crippen LogP contribution in [-0.2, 0) is 27.2 Å². The molecule has 10 nitrogen and oxygen atoms in total. The first-order chi connectivity index (χ1) is 34.8. The number of ether oxygens (including phenoxy) is 1. The number of benzene rings is 2. The van der Waals surface area contributed by atoms with Crippen LogP contribution in [0.2, 0.25) is 0 Å². The molecule has 2 spiro atoms. The third-order valence-electron chi connectivity index (χ3n) is 23.5. The average molecular weight is 980 g/mol. The summed E-state index contributed by atoms with van der Waals surface area (Å²) >= 11 is 0. The predicted octanol–water partition coefficient (Wildman–Crippen LogP) is 7.15. The van der Waals surface area contributed by atoms with Crippen molar-refractivity contribution in [2.45, 2.75) is 170 Å². The zero-order chi connectivity index (χ0) is 49.4. The molecule has 1 aliphatic heterocycles. The molecule has 7 N–H and O–H groups in total. The average Bonchev–Trinajstić information content (AvgIpc) is 4.19. The fraction of sp³-hybridized carbons (Fsp3) is 0.677. The van der Waals surface area contributed by atoms with Crippen LogP contribution in [0.25, 0.3) is 0 Å². The largest absolute Gasteiger partial charge is 0.454 e. The Balaban J connectivity index is 0.972. The summed E-state index contributed by atoms with van der Waals surface area (Å²) in [5.74, 6) is 4.06. The van der Waals surface area contributed by atoms with Crippen molar-refractivity contribution in [3.05, 3.63) is 95.1 Å². The second-order valence-corrected chi connectivity index (χ2v) is 25.8. The fourth-order valence-electron chi connectivity index (χ4n) is 20.9. The van der Waals surface area contributed by atoms with Crippen LogP contribution in [0.15, 0.2) is 78.4 Å². The van der Waals surface area contributed by atoms with Gasteiger partial charge in [-0.1, -0.05) is 98.2 Å². The van der Waals surface area contributed by atoms with Gasteiger partial charge in [0.05, 0.1) is 30.0 Å². The van der Waals surface area contributed by atoms with Crippen molar-refractivity contribution in [2.24, 2.45) is 81.3 Å². The molecule has 0 radical (unpaired) electrons. The summed E-state index contributed by atoms with van der Waals surface area (Å²) in [4.78, 5) is 28.9. The molecule has 0 aromatic heterocycles. The van der Waals surface area contributed by atoms with Gasteiger partial charge in [-0.25, -0.2) is 4.79 Å². The molecule has 10 heteroatoms. The Kier molecular flexibility index (Phi) is 11.6. The van der Waals surface area contributed by atoms with Crippen LogP contribution in [0.4, 0.5) is 0 Å². The van der Waals surface area contributed by atoms with E-state index in [2.05, 4.69) is 59.6 Å². The van der Waals surface area contributed by atoms with Crippen molar-refractivity contribution in [1.29, 1.82) is 0 Å². The van der Waals surface area contributed by atoms with Gasteiger partial charge in [-0.2, -0.15) is 0 Å². The Morgan fingerprint density at radius 3 is 2.42 bits per heavy atom. The Morgan fingerprint density at radius 2 is 1.61 bits per heavy atom. The molecule has 0 saturated heterocycles. The third kappa shape index (κ3) is 6.53. The molecule has 11 aliphatic rings. The maximum Gasteiger partial charge on any atom is 0.331 e. The number of esters is 1. The van der Waals surface area contributed by atoms with Crippen molar-refractivity contribution < 1.29 is 45.0 Å². The van der Waals surface area contributed by atoms with Crippen LogP contribution >= 0.6 is 0 Å². The maximum absolute atomic E-state index is 15.2. The second-order valence-electron chi connectivity index (χ2n) is 25.8. The molecule has 10 aliphatic carbocycles. The molecule has 8 fully saturated rings. The lowest BCUT2D eigenvalue weighted by atomic mass is 9.33. The highest BCUT2D eigenvalue weighted by Gasteiger charge is 2.87. The molecule has 13 rings (SSSR count). The maximum atomic E-state index is 15.2. The summed E-state index contributed by atoms with van der Waals surface area (Å²) < 4.78 is 6.30. The van der Waals surface area contributed by atoms with Gasteiger partial charge in [0.2, 0.25) is 0 Å². The number of carbonyl (C=O) groups excluding carboxylic acids is 2. The van der Waals surface area contributed by atoms with E-state index in [9.17, 15) is 35.4 Å². The molecule has 72 heavy (non-hydrogen) atoms. The van der Waals surface area contributed by atoms with Crippen molar-refractivity contribution in [2.75, 3.05) is 6.73 Å². The molecule has 0 unspecified atom stereocenters. The van der Waals surface area contributed by atoms with Gasteiger partial charge in [0.15, 0.2) is 0 Å². The summed E-state index contributed by atoms with van der Waals surface area (Å²) in [7, 11) is 0. The first-order valence-corrected chi connectivity index (χ1v) is 28.4. The molecule has 2 aromatic carbocycles. The molecule has 384 valence electrons. The van der Waals surface area contributed by atoms with Gasteiger partial charge < -0.3 is 40.2 Å². The molecule has 2 aromatic rings. The lowest BCUT2D eigenvalue weighted by Crippen LogP contribution is -2.86. The van der Waals surface area contributed by atoms with Gasteiger partial charge in [0.1, 0.15) is 23.6 Å². The number of aldehydes is 1. The molecule has 4 bridgehead atoms. The van der Waals surface area contributed by atoms with Crippen molar-refractivity contribution >= 4 is 12.3 Å². The molecule has 1 heterocycles. The number of fused-ring (bicyclic) bond motifs is 8. The number of hydrogen-bond acceptors (Lipinski definition) is 10. The van der Waals surface area contributed by atoms with Gasteiger partial charge in [-0.3, -0.25) is 5.32 Å². The standard InChI is InChI=1S/C62H77NO9/c64-35-59-34-57(25-22-38(32-57)21-20-37-11-2-1-3-12-37)55(67)48-28-42-18-10-19-44(40-15-5-6-16-40)45(42)30-49(61(48,59)70)56(68)62(71)51(59)23-26-58-24-9-8-14-39-13-4-7-17-41(39)29-50(63-36-65)46-27-43(33-60(58,62)69)53(58)47-31-52(66)72-54(46)47/h1-4,7,10-13,17-18,31,35,38,40,42-46,48-51,53-56,63,65,67-71H,5-6,9,15-16,19-30,32-34,36H2/t38-,42-,43-,44-,45+,46-,48-,49-,50-,51-,53-,54-,55-,56+,57+,58-,59+,60-,61-,62-/m1/s1. The zero-order valence-electron chi connectivity index (χ0n) is 41.9. The predicted molar refractivity (Wildman–Crippen MR) is 270 cm³/mol. The van der Waals surface area contributed by atoms with Crippen LogP contribution in [-0.4, -0.2) is 90.8 Å². The molecule has 0 amide bonds. The minimum Gasteiger partial charge on any atom is -0.454 e. The summed E-state index contributed by atoms with van der Waals surface area (Å²) in [6.45, 7) is -0.285. The Morgan fingerprint density at radius 1 is 0.819 bits per heavy atom. The fourth-order valence-corrected chi connectivity index (χ4v) is 20.9. The van der Waals surface area contributed by atoms with Gasteiger partial charge in [0.25, 0.3) is 0 Å². The van der Waals surface area contributed by atoms with E-state index in [1.54, 1.807) is 6.08 Å².